The minimum absolute atomic E-state index is 0.125. The average Bonchev–Trinajstić information content (AvgIpc) is 2.45. The van der Waals surface area contributed by atoms with Crippen LogP contribution < -0.4 is 10.1 Å². The monoisotopic (exact) mass is 271 g/mol. The third-order valence-corrected chi connectivity index (χ3v) is 2.75. The molecular weight excluding hydrogens is 250 g/mol. The first-order chi connectivity index (χ1) is 9.72. The molecular formula is C16H21N3O. The molecule has 0 atom stereocenters. The number of para-hydroxylation sites is 1. The first-order valence-electron chi connectivity index (χ1n) is 7.03. The summed E-state index contributed by atoms with van der Waals surface area (Å²) >= 11 is 0. The van der Waals surface area contributed by atoms with E-state index in [2.05, 4.69) is 22.2 Å². The van der Waals surface area contributed by atoms with Crippen molar-refractivity contribution in [2.45, 2.75) is 33.3 Å². The Morgan fingerprint density at radius 1 is 1.15 bits per heavy atom. The number of hydrogen-bond donors (Lipinski definition) is 1. The fraction of sp³-hybridized carbons (Fsp3) is 0.375. The van der Waals surface area contributed by atoms with E-state index >= 15 is 0 Å². The maximum Gasteiger partial charge on any atom is 0.152 e. The summed E-state index contributed by atoms with van der Waals surface area (Å²) in [5.74, 6) is 1.64. The van der Waals surface area contributed by atoms with E-state index in [1.165, 1.54) is 0 Å². The van der Waals surface area contributed by atoms with Gasteiger partial charge in [0.05, 0.1) is 6.10 Å². The van der Waals surface area contributed by atoms with Gasteiger partial charge in [0.2, 0.25) is 0 Å². The van der Waals surface area contributed by atoms with Crippen molar-refractivity contribution in [3.05, 3.63) is 36.7 Å². The van der Waals surface area contributed by atoms with Crippen LogP contribution in [0.15, 0.2) is 36.7 Å². The van der Waals surface area contributed by atoms with E-state index < -0.39 is 0 Å². The summed E-state index contributed by atoms with van der Waals surface area (Å²) in [6, 6.07) is 7.93. The van der Waals surface area contributed by atoms with Gasteiger partial charge in [-0.3, -0.25) is 4.98 Å². The number of rotatable bonds is 6. The lowest BCUT2D eigenvalue weighted by molar-refractivity contribution is 0.243. The van der Waals surface area contributed by atoms with Crippen molar-refractivity contribution in [2.75, 3.05) is 11.9 Å². The predicted molar refractivity (Wildman–Crippen MR) is 82.0 cm³/mol. The van der Waals surface area contributed by atoms with Crippen molar-refractivity contribution in [1.82, 2.24) is 9.97 Å². The molecule has 4 nitrogen and oxygen atoms in total. The highest BCUT2D eigenvalue weighted by Crippen LogP contribution is 2.32. The molecule has 0 saturated carbocycles. The highest BCUT2D eigenvalue weighted by molar-refractivity contribution is 5.76. The highest BCUT2D eigenvalue weighted by Gasteiger charge is 2.13. The summed E-state index contributed by atoms with van der Waals surface area (Å²) in [6.07, 6.45) is 4.58. The molecule has 0 aliphatic rings. The molecule has 0 saturated heterocycles. The van der Waals surface area contributed by atoms with Crippen LogP contribution in [0.1, 0.15) is 27.2 Å². The van der Waals surface area contributed by atoms with Gasteiger partial charge in [-0.05, 0) is 32.4 Å². The van der Waals surface area contributed by atoms with Gasteiger partial charge < -0.3 is 10.1 Å². The lowest BCUT2D eigenvalue weighted by atomic mass is 10.1. The fourth-order valence-corrected chi connectivity index (χ4v) is 1.93. The second kappa shape index (κ2) is 6.89. The molecule has 0 radical (unpaired) electrons. The van der Waals surface area contributed by atoms with Crippen LogP contribution in [0.2, 0.25) is 0 Å². The molecule has 1 aromatic heterocycles. The normalized spacial score (nSPS) is 10.6. The van der Waals surface area contributed by atoms with Gasteiger partial charge in [-0.1, -0.05) is 19.1 Å². The molecule has 0 aliphatic carbocycles. The van der Waals surface area contributed by atoms with Gasteiger partial charge in [0.25, 0.3) is 0 Å². The summed E-state index contributed by atoms with van der Waals surface area (Å²) in [7, 11) is 0. The van der Waals surface area contributed by atoms with Gasteiger partial charge in [-0.25, -0.2) is 4.98 Å². The number of aromatic nitrogens is 2. The molecule has 2 rings (SSSR count). The van der Waals surface area contributed by atoms with Crippen LogP contribution in [0.5, 0.6) is 5.75 Å². The van der Waals surface area contributed by atoms with E-state index in [0.29, 0.717) is 0 Å². The number of anilines is 1. The van der Waals surface area contributed by atoms with Crippen molar-refractivity contribution < 1.29 is 4.74 Å². The van der Waals surface area contributed by atoms with Crippen molar-refractivity contribution in [2.24, 2.45) is 0 Å². The quantitative estimate of drug-likeness (QED) is 0.869. The topological polar surface area (TPSA) is 47.0 Å². The molecule has 0 unspecified atom stereocenters. The number of benzene rings is 1. The highest BCUT2D eigenvalue weighted by atomic mass is 16.5. The predicted octanol–water partition coefficient (Wildman–Crippen LogP) is 3.75. The SMILES string of the molecule is CCCNc1nccnc1-c1ccccc1OC(C)C. The van der Waals surface area contributed by atoms with Crippen LogP contribution in [0.3, 0.4) is 0 Å². The summed E-state index contributed by atoms with van der Waals surface area (Å²) in [5, 5.41) is 3.31. The minimum Gasteiger partial charge on any atom is -0.490 e. The van der Waals surface area contributed by atoms with Crippen molar-refractivity contribution >= 4 is 5.82 Å². The average molecular weight is 271 g/mol. The minimum atomic E-state index is 0.125. The van der Waals surface area contributed by atoms with Crippen LogP contribution >= 0.6 is 0 Å². The Bertz CT molecular complexity index is 555. The number of nitrogens with zero attached hydrogens (tertiary/aromatic N) is 2. The number of ether oxygens (including phenoxy) is 1. The molecule has 0 spiro atoms. The van der Waals surface area contributed by atoms with Crippen LogP contribution in [-0.4, -0.2) is 22.6 Å². The molecule has 1 N–H and O–H groups in total. The molecule has 20 heavy (non-hydrogen) atoms. The molecule has 1 heterocycles. The Hall–Kier alpha value is -2.10. The maximum atomic E-state index is 5.86. The fourth-order valence-electron chi connectivity index (χ4n) is 1.93. The van der Waals surface area contributed by atoms with Gasteiger partial charge in [0, 0.05) is 24.5 Å². The molecule has 106 valence electrons. The zero-order chi connectivity index (χ0) is 14.4. The Balaban J connectivity index is 2.40. The van der Waals surface area contributed by atoms with Crippen molar-refractivity contribution in [3.8, 4) is 17.0 Å². The molecule has 0 bridgehead atoms. The Morgan fingerprint density at radius 3 is 2.65 bits per heavy atom. The standard InChI is InChI=1S/C16H21N3O/c1-4-9-18-16-15(17-10-11-19-16)13-7-5-6-8-14(13)20-12(2)3/h5-8,10-12H,4,9H2,1-3H3,(H,18,19). The van der Waals surface area contributed by atoms with E-state index in [4.69, 9.17) is 4.74 Å². The first-order valence-corrected chi connectivity index (χ1v) is 7.03. The van der Waals surface area contributed by atoms with E-state index in [-0.39, 0.29) is 6.10 Å². The smallest absolute Gasteiger partial charge is 0.152 e. The summed E-state index contributed by atoms with van der Waals surface area (Å²) in [4.78, 5) is 8.85. The second-order valence-corrected chi connectivity index (χ2v) is 4.84. The molecule has 2 aromatic rings. The molecule has 0 fully saturated rings. The third kappa shape index (κ3) is 3.47. The Kier molecular flexibility index (Phi) is 4.93. The molecule has 4 heteroatoms. The first kappa shape index (κ1) is 14.3. The molecule has 0 aliphatic heterocycles. The lowest BCUT2D eigenvalue weighted by Crippen LogP contribution is -2.08. The summed E-state index contributed by atoms with van der Waals surface area (Å²) < 4.78 is 5.86. The maximum absolute atomic E-state index is 5.86. The number of nitrogens with one attached hydrogen (secondary N) is 1. The summed E-state index contributed by atoms with van der Waals surface area (Å²) in [6.45, 7) is 7.03. The summed E-state index contributed by atoms with van der Waals surface area (Å²) in [5.41, 5.74) is 1.80. The van der Waals surface area contributed by atoms with Crippen molar-refractivity contribution in [3.63, 3.8) is 0 Å². The van der Waals surface area contributed by atoms with E-state index in [0.717, 1.165) is 35.8 Å². The van der Waals surface area contributed by atoms with Crippen LogP contribution in [0.25, 0.3) is 11.3 Å². The van der Waals surface area contributed by atoms with Crippen LogP contribution in [0, 0.1) is 0 Å². The van der Waals surface area contributed by atoms with Crippen LogP contribution in [-0.2, 0) is 0 Å². The zero-order valence-corrected chi connectivity index (χ0v) is 12.3. The number of hydrogen-bond acceptors (Lipinski definition) is 4. The van der Waals surface area contributed by atoms with Gasteiger partial charge in [0.15, 0.2) is 5.82 Å². The van der Waals surface area contributed by atoms with Crippen molar-refractivity contribution in [1.29, 1.82) is 0 Å². The second-order valence-electron chi connectivity index (χ2n) is 4.84. The van der Waals surface area contributed by atoms with Crippen LogP contribution in [0.4, 0.5) is 5.82 Å². The molecule has 1 aromatic carbocycles. The lowest BCUT2D eigenvalue weighted by Gasteiger charge is -2.15. The molecule has 0 amide bonds. The zero-order valence-electron chi connectivity index (χ0n) is 12.3. The Morgan fingerprint density at radius 2 is 1.90 bits per heavy atom. The van der Waals surface area contributed by atoms with Gasteiger partial charge in [-0.15, -0.1) is 0 Å². The van der Waals surface area contributed by atoms with Gasteiger partial charge in [0.1, 0.15) is 11.4 Å². The van der Waals surface area contributed by atoms with Gasteiger partial charge in [-0.2, -0.15) is 0 Å². The van der Waals surface area contributed by atoms with E-state index in [9.17, 15) is 0 Å². The third-order valence-electron chi connectivity index (χ3n) is 2.75. The van der Waals surface area contributed by atoms with Gasteiger partial charge >= 0.3 is 0 Å². The Labute approximate surface area is 120 Å². The largest absolute Gasteiger partial charge is 0.490 e. The van der Waals surface area contributed by atoms with E-state index in [1.807, 2.05) is 38.1 Å². The van der Waals surface area contributed by atoms with E-state index in [1.54, 1.807) is 12.4 Å².